The molecular formula is C25H20N4O10S. The van der Waals surface area contributed by atoms with Crippen LogP contribution in [0.1, 0.15) is 43.5 Å². The summed E-state index contributed by atoms with van der Waals surface area (Å²) in [6, 6.07) is 10.4. The Hall–Kier alpha value is -5.15. The van der Waals surface area contributed by atoms with Gasteiger partial charge in [-0.25, -0.2) is 22.9 Å². The number of nitrogens with one attached hydrogen (secondary N) is 2. The summed E-state index contributed by atoms with van der Waals surface area (Å²) in [7, 11) is -4.18. The topological polar surface area (TPSA) is 226 Å². The predicted octanol–water partition coefficient (Wildman–Crippen LogP) is 1.56. The number of para-hydroxylation sites is 2. The van der Waals surface area contributed by atoms with Crippen molar-refractivity contribution in [1.82, 2.24) is 20.0 Å². The summed E-state index contributed by atoms with van der Waals surface area (Å²) >= 11 is 0. The lowest BCUT2D eigenvalue weighted by atomic mass is 10.1. The van der Waals surface area contributed by atoms with Crippen LogP contribution in [-0.2, 0) is 21.4 Å². The maximum absolute atomic E-state index is 12.9. The standard InChI is InChI=1S/C25H20N4O10S/c30-19-8-7-15(9-16(19)25(35)36)40(37,38)27-12-14-6-5-13(11-26-14)23(34)28-18(10-21(31)32)22(33)24-29-17-3-1-2-4-20(17)39-24/h1-9,11,18,27,30H,10,12H2,(H,28,34)(H,31,32)(H,35,36)/t18-/m0/s1. The minimum atomic E-state index is -4.18. The van der Waals surface area contributed by atoms with Gasteiger partial charge >= 0.3 is 11.9 Å². The van der Waals surface area contributed by atoms with Crippen molar-refractivity contribution < 1.29 is 47.3 Å². The highest BCUT2D eigenvalue weighted by Gasteiger charge is 2.29. The van der Waals surface area contributed by atoms with E-state index >= 15 is 0 Å². The largest absolute Gasteiger partial charge is 0.507 e. The van der Waals surface area contributed by atoms with Crippen LogP contribution in [0.25, 0.3) is 11.1 Å². The quantitative estimate of drug-likeness (QED) is 0.162. The summed E-state index contributed by atoms with van der Waals surface area (Å²) in [5.74, 6) is -5.47. The molecule has 0 spiro atoms. The first-order chi connectivity index (χ1) is 18.9. The van der Waals surface area contributed by atoms with Gasteiger partial charge in [-0.05, 0) is 42.5 Å². The van der Waals surface area contributed by atoms with Gasteiger partial charge in [-0.3, -0.25) is 19.4 Å². The molecule has 0 radical (unpaired) electrons. The number of hydrogen-bond acceptors (Lipinski definition) is 10. The van der Waals surface area contributed by atoms with Crippen LogP contribution in [0.3, 0.4) is 0 Å². The van der Waals surface area contributed by atoms with Gasteiger partial charge in [0.1, 0.15) is 22.9 Å². The number of ketones is 1. The van der Waals surface area contributed by atoms with Crippen LogP contribution >= 0.6 is 0 Å². The maximum atomic E-state index is 12.9. The molecule has 4 rings (SSSR count). The van der Waals surface area contributed by atoms with E-state index in [0.717, 1.165) is 24.4 Å². The first-order valence-electron chi connectivity index (χ1n) is 11.4. The summed E-state index contributed by atoms with van der Waals surface area (Å²) in [6.07, 6.45) is 0.362. The highest BCUT2D eigenvalue weighted by Crippen LogP contribution is 2.21. The SMILES string of the molecule is O=C(O)C[C@H](NC(=O)c1ccc(CNS(=O)(=O)c2ccc(O)c(C(=O)O)c2)nc1)C(=O)c1nc2ccccc2o1. The molecule has 1 atom stereocenters. The van der Waals surface area contributed by atoms with Gasteiger partial charge in [0.05, 0.1) is 29.1 Å². The van der Waals surface area contributed by atoms with Gasteiger partial charge in [0.15, 0.2) is 5.58 Å². The number of hydrogen-bond donors (Lipinski definition) is 5. The molecule has 15 heteroatoms. The van der Waals surface area contributed by atoms with Gasteiger partial charge in [-0.15, -0.1) is 0 Å². The number of aromatic hydroxyl groups is 1. The number of fused-ring (bicyclic) bond motifs is 1. The normalized spacial score (nSPS) is 12.1. The number of aliphatic carboxylic acids is 1. The van der Waals surface area contributed by atoms with Crippen molar-refractivity contribution >= 4 is 44.8 Å². The number of benzene rings is 2. The van der Waals surface area contributed by atoms with E-state index in [4.69, 9.17) is 9.52 Å². The van der Waals surface area contributed by atoms with E-state index in [1.54, 1.807) is 24.3 Å². The average Bonchev–Trinajstić information content (AvgIpc) is 3.35. The van der Waals surface area contributed by atoms with Gasteiger partial charge < -0.3 is 25.1 Å². The van der Waals surface area contributed by atoms with Gasteiger partial charge in [0, 0.05) is 6.20 Å². The fraction of sp³-hybridized carbons (Fsp3) is 0.120. The monoisotopic (exact) mass is 568 g/mol. The Bertz CT molecular complexity index is 1700. The molecule has 40 heavy (non-hydrogen) atoms. The number of oxazole rings is 1. The van der Waals surface area contributed by atoms with Crippen LogP contribution in [0, 0.1) is 0 Å². The van der Waals surface area contributed by atoms with Crippen LogP contribution in [0.4, 0.5) is 0 Å². The minimum absolute atomic E-state index is 0.0444. The Morgan fingerprint density at radius 1 is 1.00 bits per heavy atom. The zero-order chi connectivity index (χ0) is 29.0. The zero-order valence-corrected chi connectivity index (χ0v) is 21.1. The zero-order valence-electron chi connectivity index (χ0n) is 20.3. The van der Waals surface area contributed by atoms with Crippen LogP contribution in [0.15, 0.2) is 70.1 Å². The van der Waals surface area contributed by atoms with Crippen LogP contribution in [0.2, 0.25) is 0 Å². The number of Topliss-reactive ketones (excluding diaryl/α,β-unsaturated/α-hetero) is 1. The van der Waals surface area contributed by atoms with E-state index < -0.39 is 62.3 Å². The fourth-order valence-corrected chi connectivity index (χ4v) is 4.55. The molecule has 0 bridgehead atoms. The Kier molecular flexibility index (Phi) is 7.88. The molecule has 0 fully saturated rings. The third-order valence-electron chi connectivity index (χ3n) is 5.54. The molecule has 1 amide bonds. The molecule has 206 valence electrons. The summed E-state index contributed by atoms with van der Waals surface area (Å²) in [6.45, 7) is -0.328. The Labute approximate surface area is 225 Å². The molecule has 0 aliphatic heterocycles. The second-order valence-corrected chi connectivity index (χ2v) is 10.1. The van der Waals surface area contributed by atoms with Crippen molar-refractivity contribution in [2.24, 2.45) is 0 Å². The summed E-state index contributed by atoms with van der Waals surface area (Å²) < 4.78 is 32.7. The number of pyridine rings is 1. The molecule has 0 saturated heterocycles. The molecule has 0 aliphatic carbocycles. The fourth-order valence-electron chi connectivity index (χ4n) is 3.52. The van der Waals surface area contributed by atoms with Crippen molar-refractivity contribution in [1.29, 1.82) is 0 Å². The number of carbonyl (C=O) groups is 4. The van der Waals surface area contributed by atoms with Crippen LogP contribution in [-0.4, -0.2) is 63.4 Å². The second kappa shape index (κ2) is 11.3. The summed E-state index contributed by atoms with van der Waals surface area (Å²) in [5.41, 5.74) is 0.245. The van der Waals surface area contributed by atoms with Gasteiger partial charge in [-0.1, -0.05) is 12.1 Å². The Morgan fingerprint density at radius 2 is 1.75 bits per heavy atom. The molecular weight excluding hydrogens is 548 g/mol. The van der Waals surface area contributed by atoms with Crippen LogP contribution < -0.4 is 10.0 Å². The van der Waals surface area contributed by atoms with E-state index in [2.05, 4.69) is 20.0 Å². The van der Waals surface area contributed by atoms with Crippen LogP contribution in [0.5, 0.6) is 5.75 Å². The molecule has 0 aliphatic rings. The molecule has 0 saturated carbocycles. The van der Waals surface area contributed by atoms with Crippen molar-refractivity contribution in [3.05, 3.63) is 83.5 Å². The number of carboxylic acid groups (broad SMARTS) is 2. The molecule has 2 aromatic heterocycles. The molecule has 4 aromatic rings. The number of aromatic carboxylic acids is 1. The first-order valence-corrected chi connectivity index (χ1v) is 12.9. The lowest BCUT2D eigenvalue weighted by Gasteiger charge is -2.14. The lowest BCUT2D eigenvalue weighted by Crippen LogP contribution is -2.42. The van der Waals surface area contributed by atoms with Crippen molar-refractivity contribution in [2.45, 2.75) is 23.9 Å². The van der Waals surface area contributed by atoms with E-state index in [1.807, 2.05) is 0 Å². The Balaban J connectivity index is 1.43. The highest BCUT2D eigenvalue weighted by atomic mass is 32.2. The van der Waals surface area contributed by atoms with E-state index in [-0.39, 0.29) is 23.7 Å². The maximum Gasteiger partial charge on any atom is 0.339 e. The van der Waals surface area contributed by atoms with Gasteiger partial charge in [-0.2, -0.15) is 0 Å². The van der Waals surface area contributed by atoms with E-state index in [9.17, 15) is 37.8 Å². The van der Waals surface area contributed by atoms with Crippen molar-refractivity contribution in [2.75, 3.05) is 0 Å². The number of phenols is 1. The number of amides is 1. The number of aromatic nitrogens is 2. The van der Waals surface area contributed by atoms with Gasteiger partial charge in [0.25, 0.3) is 11.8 Å². The predicted molar refractivity (Wildman–Crippen MR) is 135 cm³/mol. The number of carbonyl (C=O) groups excluding carboxylic acids is 2. The van der Waals surface area contributed by atoms with Crippen molar-refractivity contribution in [3.8, 4) is 5.75 Å². The lowest BCUT2D eigenvalue weighted by molar-refractivity contribution is -0.137. The first kappa shape index (κ1) is 27.9. The molecule has 14 nitrogen and oxygen atoms in total. The van der Waals surface area contributed by atoms with E-state index in [0.29, 0.717) is 11.1 Å². The van der Waals surface area contributed by atoms with Gasteiger partial charge in [0.2, 0.25) is 15.8 Å². The average molecular weight is 569 g/mol. The van der Waals surface area contributed by atoms with Crippen molar-refractivity contribution in [3.63, 3.8) is 0 Å². The summed E-state index contributed by atoms with van der Waals surface area (Å²) in [5, 5.41) is 30.2. The Morgan fingerprint density at radius 3 is 2.40 bits per heavy atom. The molecule has 2 aromatic carbocycles. The molecule has 0 unspecified atom stereocenters. The minimum Gasteiger partial charge on any atom is -0.507 e. The smallest absolute Gasteiger partial charge is 0.339 e. The molecule has 2 heterocycles. The second-order valence-electron chi connectivity index (χ2n) is 8.32. The number of carboxylic acids is 2. The third kappa shape index (κ3) is 6.28. The number of nitrogens with zero attached hydrogens (tertiary/aromatic N) is 2. The third-order valence-corrected chi connectivity index (χ3v) is 6.94. The van der Waals surface area contributed by atoms with E-state index in [1.165, 1.54) is 12.1 Å². The molecule has 5 N–H and O–H groups in total. The number of sulfonamides is 1. The number of rotatable bonds is 11. The highest BCUT2D eigenvalue weighted by molar-refractivity contribution is 7.89. The summed E-state index contributed by atoms with van der Waals surface area (Å²) in [4.78, 5) is 55.8.